The van der Waals surface area contributed by atoms with Crippen LogP contribution in [0.15, 0.2) is 131 Å². The van der Waals surface area contributed by atoms with E-state index in [2.05, 4.69) is 93.2 Å². The van der Waals surface area contributed by atoms with Gasteiger partial charge in [-0.05, 0) is 98.7 Å². The first-order valence-electron chi connectivity index (χ1n) is 31.0. The Morgan fingerprint density at radius 3 is 1.63 bits per heavy atom. The van der Waals surface area contributed by atoms with Crippen LogP contribution in [-0.4, -0.2) is 178 Å². The van der Waals surface area contributed by atoms with E-state index in [-0.39, 0.29) is 91.1 Å². The highest BCUT2D eigenvalue weighted by atomic mass is 32.2. The lowest BCUT2D eigenvalue weighted by atomic mass is 10.1. The normalized spacial score (nSPS) is 12.3. The maximum absolute atomic E-state index is 13.7. The molecule has 512 valence electrons. The number of nitrogens with zero attached hydrogens (tertiary/aromatic N) is 9. The summed E-state index contributed by atoms with van der Waals surface area (Å²) in [6.45, 7) is 1.47. The number of carbonyl (C=O) groups excluding carboxylic acids is 7. The van der Waals surface area contributed by atoms with Crippen molar-refractivity contribution in [2.75, 3.05) is 49.9 Å². The highest BCUT2D eigenvalue weighted by Crippen LogP contribution is 2.20. The van der Waals surface area contributed by atoms with Gasteiger partial charge >= 0.3 is 11.9 Å². The van der Waals surface area contributed by atoms with Crippen molar-refractivity contribution in [2.24, 2.45) is 10.2 Å². The third-order valence-electron chi connectivity index (χ3n) is 14.9. The zero-order valence-electron chi connectivity index (χ0n) is 52.4. The van der Waals surface area contributed by atoms with Crippen LogP contribution in [0.25, 0.3) is 21.8 Å². The third kappa shape index (κ3) is 22.3. The number of pyridine rings is 1. The Hall–Kier alpha value is -11.5. The molecular formula is C62H74N20O14S. The second kappa shape index (κ2) is 35.7. The third-order valence-corrected chi connectivity index (χ3v) is 15.9. The van der Waals surface area contributed by atoms with Gasteiger partial charge in [0.25, 0.3) is 27.8 Å². The number of anilines is 2. The SMILES string of the molecule is O=C(CCC(NC(=O)c1ccc(N=NCc2ccccc2S(=O)(=O)O)nc1)C(=O)NCCCCCC(=O)N[C@@H](CNC(=O)c1ccc2c(cnn2CCCNc2ncc[nH]2)c1)C(=O)O)NCCCC(=O)N[C@@H](CNC(=O)c1ccc2c(cnn2CCCNc2ncc[nH]2)c1)C(=O)O. The number of carboxylic acid groups (broad SMARTS) is 2. The number of aliphatic carboxylic acids is 2. The van der Waals surface area contributed by atoms with Crippen molar-refractivity contribution in [3.8, 4) is 0 Å². The molecule has 35 heteroatoms. The Morgan fingerprint density at radius 2 is 1.09 bits per heavy atom. The molecule has 97 heavy (non-hydrogen) atoms. The number of fused-ring (bicyclic) bond motifs is 2. The van der Waals surface area contributed by atoms with E-state index in [1.165, 1.54) is 30.3 Å². The van der Waals surface area contributed by atoms with Gasteiger partial charge in [0.1, 0.15) is 18.1 Å². The van der Waals surface area contributed by atoms with Gasteiger partial charge in [0.15, 0.2) is 17.7 Å². The molecular weight excluding hydrogens is 1280 g/mol. The molecule has 3 atom stereocenters. The van der Waals surface area contributed by atoms with E-state index in [4.69, 9.17) is 0 Å². The number of amides is 7. The number of carbonyl (C=O) groups is 9. The van der Waals surface area contributed by atoms with Gasteiger partial charge in [-0.1, -0.05) is 24.6 Å². The van der Waals surface area contributed by atoms with Gasteiger partial charge in [0, 0.05) is 125 Å². The smallest absolute Gasteiger partial charge is 0.328 e. The molecule has 0 aliphatic rings. The molecule has 34 nitrogen and oxygen atoms in total. The number of hydrogen-bond donors (Lipinski definition) is 14. The number of aromatic nitrogens is 9. The van der Waals surface area contributed by atoms with Crippen LogP contribution in [0.3, 0.4) is 0 Å². The van der Waals surface area contributed by atoms with E-state index in [0.717, 1.165) is 30.1 Å². The molecule has 8 rings (SSSR count). The number of unbranched alkanes of at least 4 members (excludes halogenated alkanes) is 2. The van der Waals surface area contributed by atoms with E-state index in [9.17, 15) is 66.3 Å². The average Bonchev–Trinajstić information content (AvgIpc) is 1.26. The highest BCUT2D eigenvalue weighted by Gasteiger charge is 2.26. The van der Waals surface area contributed by atoms with Gasteiger partial charge in [-0.3, -0.25) is 47.5 Å². The van der Waals surface area contributed by atoms with Crippen molar-refractivity contribution in [3.05, 3.63) is 138 Å². The molecule has 14 N–H and O–H groups in total. The molecule has 0 saturated heterocycles. The topological polar surface area (TPSA) is 487 Å². The summed E-state index contributed by atoms with van der Waals surface area (Å²) in [7, 11) is -4.53. The second-order valence-corrected chi connectivity index (χ2v) is 23.5. The summed E-state index contributed by atoms with van der Waals surface area (Å²) >= 11 is 0. The molecule has 0 saturated carbocycles. The van der Waals surface area contributed by atoms with Crippen LogP contribution in [0.4, 0.5) is 17.7 Å². The number of benzene rings is 3. The Morgan fingerprint density at radius 1 is 0.536 bits per heavy atom. The molecule has 1 unspecified atom stereocenters. The Labute approximate surface area is 554 Å². The van der Waals surface area contributed by atoms with E-state index >= 15 is 0 Å². The molecule has 5 heterocycles. The molecule has 5 aromatic heterocycles. The van der Waals surface area contributed by atoms with Crippen LogP contribution in [0.5, 0.6) is 0 Å². The Balaban J connectivity index is 0.762. The van der Waals surface area contributed by atoms with Gasteiger partial charge in [-0.25, -0.2) is 24.5 Å². The zero-order valence-corrected chi connectivity index (χ0v) is 53.2. The van der Waals surface area contributed by atoms with Gasteiger partial charge in [-0.2, -0.15) is 23.7 Å². The van der Waals surface area contributed by atoms with E-state index in [1.54, 1.807) is 84.3 Å². The van der Waals surface area contributed by atoms with Gasteiger partial charge in [0.2, 0.25) is 23.6 Å². The van der Waals surface area contributed by atoms with Crippen molar-refractivity contribution in [3.63, 3.8) is 0 Å². The van der Waals surface area contributed by atoms with Crippen LogP contribution in [0.2, 0.25) is 0 Å². The lowest BCUT2D eigenvalue weighted by molar-refractivity contribution is -0.142. The number of aromatic amines is 2. The monoisotopic (exact) mass is 1350 g/mol. The summed E-state index contributed by atoms with van der Waals surface area (Å²) in [6, 6.07) is 14.1. The maximum Gasteiger partial charge on any atom is 0.328 e. The molecule has 0 radical (unpaired) electrons. The van der Waals surface area contributed by atoms with E-state index in [1.807, 2.05) is 4.68 Å². The van der Waals surface area contributed by atoms with Crippen molar-refractivity contribution < 1.29 is 66.3 Å². The van der Waals surface area contributed by atoms with E-state index in [0.29, 0.717) is 61.7 Å². The fraction of sp³-hybridized carbons (Fsp3) is 0.355. The van der Waals surface area contributed by atoms with Crippen molar-refractivity contribution >= 4 is 103 Å². The van der Waals surface area contributed by atoms with Crippen molar-refractivity contribution in [1.82, 2.24) is 81.7 Å². The first kappa shape index (κ1) is 71.4. The van der Waals surface area contributed by atoms with Crippen molar-refractivity contribution in [1.29, 1.82) is 0 Å². The first-order valence-corrected chi connectivity index (χ1v) is 32.4. The summed E-state index contributed by atoms with van der Waals surface area (Å²) in [5, 5.41) is 62.2. The van der Waals surface area contributed by atoms with Crippen LogP contribution in [0.1, 0.15) is 101 Å². The number of imidazole rings is 2. The predicted molar refractivity (Wildman–Crippen MR) is 350 cm³/mol. The summed E-state index contributed by atoms with van der Waals surface area (Å²) in [6.07, 6.45) is 13.0. The lowest BCUT2D eigenvalue weighted by Gasteiger charge is -2.19. The number of aryl methyl sites for hydroxylation is 2. The minimum Gasteiger partial charge on any atom is -0.480 e. The van der Waals surface area contributed by atoms with Gasteiger partial charge < -0.3 is 68.0 Å². The molecule has 8 aromatic rings. The molecule has 0 spiro atoms. The fourth-order valence-corrected chi connectivity index (χ4v) is 10.6. The Kier molecular flexibility index (Phi) is 26.3. The number of carboxylic acids is 2. The van der Waals surface area contributed by atoms with Crippen LogP contribution in [-0.2, 0) is 58.5 Å². The van der Waals surface area contributed by atoms with Crippen LogP contribution in [0, 0.1) is 0 Å². The summed E-state index contributed by atoms with van der Waals surface area (Å²) in [4.78, 5) is 135. The molecule has 0 bridgehead atoms. The van der Waals surface area contributed by atoms with Gasteiger partial charge in [-0.15, -0.1) is 5.11 Å². The molecule has 0 aliphatic carbocycles. The largest absolute Gasteiger partial charge is 0.480 e. The standard InChI is InChI=1S/C62H74N20O14S/c83-52(63-22-6-12-54(85)78-47(60(92)93)38-73-56(87)40-14-18-49-44(32-40)36-76-82(49)30-8-24-66-62-69-27-28-70-62)20-16-45(79-57(88)42-15-19-51(71-33-42)80-74-34-41-9-3-4-10-50(41)97(94,95)96)58(89)64-21-5-1-2-11-53(84)77-46(59(90)91)37-72-55(86)39-13-17-48-43(31-39)35-75-81(48)29-7-23-65-61-67-25-26-68-61/h3-4,9-10,13-15,17-19,25-28,31-33,35-36,45-47H,1-2,5-8,11-12,16,20-24,29-30,34,37-38H2,(H,63,83)(H,64,89)(H,72,86)(H,73,87)(H,77,84)(H,78,85)(H,79,88)(H,90,91)(H,92,93)(H2,65,67,68)(H2,66,69,70)(H,94,95,96)/t45?,46-,47-/m0/s1. The fourth-order valence-electron chi connectivity index (χ4n) is 9.86. The minimum atomic E-state index is -4.53. The zero-order chi connectivity index (χ0) is 69.1. The summed E-state index contributed by atoms with van der Waals surface area (Å²) in [5.41, 5.74) is 2.28. The predicted octanol–water partition coefficient (Wildman–Crippen LogP) is 3.21. The molecule has 0 aliphatic heterocycles. The van der Waals surface area contributed by atoms with Crippen LogP contribution >= 0.6 is 0 Å². The highest BCUT2D eigenvalue weighted by molar-refractivity contribution is 7.85. The van der Waals surface area contributed by atoms with Crippen molar-refractivity contribution in [2.45, 2.75) is 107 Å². The number of azo groups is 1. The lowest BCUT2D eigenvalue weighted by Crippen LogP contribution is -2.48. The Bertz CT molecular complexity index is 4160. The van der Waals surface area contributed by atoms with Gasteiger partial charge in [0.05, 0.1) is 40.4 Å². The van der Waals surface area contributed by atoms with Crippen LogP contribution < -0.4 is 47.9 Å². The quantitative estimate of drug-likeness (QED) is 0.0149. The number of H-pyrrole nitrogens is 2. The molecule has 0 fully saturated rings. The molecule has 7 amide bonds. The summed E-state index contributed by atoms with van der Waals surface area (Å²) < 4.78 is 36.7. The minimum absolute atomic E-state index is 0.0113. The average molecular weight is 1360 g/mol. The molecule has 3 aromatic carbocycles. The maximum atomic E-state index is 13.7. The number of rotatable bonds is 40. The van der Waals surface area contributed by atoms with E-state index < -0.39 is 94.6 Å². The number of hydrogen-bond acceptors (Lipinski definition) is 20. The second-order valence-electron chi connectivity index (χ2n) is 22.1. The summed E-state index contributed by atoms with van der Waals surface area (Å²) in [5.74, 6) is -5.74. The number of nitrogens with one attached hydrogen (secondary N) is 11. The first-order chi connectivity index (χ1) is 46.8.